The van der Waals surface area contributed by atoms with E-state index in [4.69, 9.17) is 18.5 Å². The number of phosphoric acid groups is 1. The Morgan fingerprint density at radius 2 is 0.915 bits per heavy atom. The molecule has 0 bridgehead atoms. The maximum Gasteiger partial charge on any atom is 0.306 e. The van der Waals surface area contributed by atoms with Crippen LogP contribution in [0.1, 0.15) is 213 Å². The third-order valence-electron chi connectivity index (χ3n) is 10.4. The van der Waals surface area contributed by atoms with Crippen molar-refractivity contribution < 1.29 is 42.1 Å². The Morgan fingerprint density at radius 1 is 0.525 bits per heavy atom. The predicted molar refractivity (Wildman–Crippen MR) is 245 cm³/mol. The van der Waals surface area contributed by atoms with Crippen LogP contribution < -0.4 is 4.89 Å². The first kappa shape index (κ1) is 57.2. The monoisotopic (exact) mass is 854 g/mol. The summed E-state index contributed by atoms with van der Waals surface area (Å²) in [5, 5.41) is 0. The predicted octanol–water partition coefficient (Wildman–Crippen LogP) is 13.5. The quantitative estimate of drug-likeness (QED) is 0.0196. The molecule has 0 radical (unpaired) electrons. The molecule has 59 heavy (non-hydrogen) atoms. The minimum Gasteiger partial charge on any atom is -0.756 e. The molecular weight excluding hydrogens is 762 g/mol. The van der Waals surface area contributed by atoms with Crippen molar-refractivity contribution in [3.8, 4) is 0 Å². The van der Waals surface area contributed by atoms with Gasteiger partial charge in [0.2, 0.25) is 0 Å². The standard InChI is InChI=1S/C49H92NO8P/c1-6-8-10-12-14-16-18-20-22-23-24-25-26-28-29-31-33-35-37-39-41-48(51)55-45-47(46-57-59(53,54)56-44-43-50(3,4)5)58-49(52)42-40-38-36-34-32-30-27-21-19-17-15-13-11-9-7-2/h15,17,21,27,32,34,47H,6-14,16,18-20,22-26,28-31,33,35-46H2,1-5H3/b17-15+,27-21+,34-32+/t47-/m1/s1. The fraction of sp³-hybridized carbons (Fsp3) is 0.837. The lowest BCUT2D eigenvalue weighted by Gasteiger charge is -2.28. The van der Waals surface area contributed by atoms with Gasteiger partial charge in [0.05, 0.1) is 27.7 Å². The highest BCUT2D eigenvalue weighted by Crippen LogP contribution is 2.38. The second-order valence-corrected chi connectivity index (χ2v) is 18.9. The normalized spacial score (nSPS) is 13.8. The van der Waals surface area contributed by atoms with Gasteiger partial charge in [-0.2, -0.15) is 0 Å². The smallest absolute Gasteiger partial charge is 0.306 e. The topological polar surface area (TPSA) is 111 Å². The molecule has 0 heterocycles. The molecule has 0 rings (SSSR count). The largest absolute Gasteiger partial charge is 0.756 e. The first-order valence-corrected chi connectivity index (χ1v) is 25.7. The van der Waals surface area contributed by atoms with Gasteiger partial charge in [0.15, 0.2) is 6.10 Å². The maximum atomic E-state index is 12.7. The summed E-state index contributed by atoms with van der Waals surface area (Å²) in [7, 11) is 1.14. The van der Waals surface area contributed by atoms with Gasteiger partial charge in [-0.1, -0.05) is 185 Å². The molecule has 0 N–H and O–H groups in total. The summed E-state index contributed by atoms with van der Waals surface area (Å²) in [6, 6.07) is 0. The molecule has 0 amide bonds. The van der Waals surface area contributed by atoms with Crippen LogP contribution in [-0.2, 0) is 32.7 Å². The number of carbonyl (C=O) groups is 2. The third-order valence-corrected chi connectivity index (χ3v) is 11.4. The Kier molecular flexibility index (Phi) is 40.3. The Balaban J connectivity index is 4.29. The van der Waals surface area contributed by atoms with E-state index in [1.807, 2.05) is 21.1 Å². The average molecular weight is 854 g/mol. The molecule has 0 aromatic heterocycles. The SMILES string of the molecule is CCCCC/C=C/C/C=C/C/C=C/CCCCC(=O)O[C@H](COC(=O)CCCCCCCCCCCCCCCCCCCCCC)COP(=O)([O-])OCC[N+](C)(C)C. The van der Waals surface area contributed by atoms with Crippen molar-refractivity contribution in [3.63, 3.8) is 0 Å². The van der Waals surface area contributed by atoms with Crippen molar-refractivity contribution in [2.24, 2.45) is 0 Å². The van der Waals surface area contributed by atoms with Gasteiger partial charge in [0.1, 0.15) is 19.8 Å². The molecule has 0 aliphatic carbocycles. The average Bonchev–Trinajstić information content (AvgIpc) is 3.19. The minimum atomic E-state index is -4.64. The summed E-state index contributed by atoms with van der Waals surface area (Å²) in [6.45, 7) is 4.18. The number of nitrogens with zero attached hydrogens (tertiary/aromatic N) is 1. The van der Waals surface area contributed by atoms with Gasteiger partial charge in [-0.15, -0.1) is 0 Å². The molecule has 0 aliphatic heterocycles. The molecule has 0 fully saturated rings. The number of carbonyl (C=O) groups excluding carboxylic acids is 2. The first-order valence-electron chi connectivity index (χ1n) is 24.2. The van der Waals surface area contributed by atoms with Crippen molar-refractivity contribution in [2.75, 3.05) is 47.5 Å². The zero-order valence-corrected chi connectivity index (χ0v) is 39.8. The van der Waals surface area contributed by atoms with Gasteiger partial charge in [0, 0.05) is 12.8 Å². The lowest BCUT2D eigenvalue weighted by Crippen LogP contribution is -2.37. The van der Waals surface area contributed by atoms with E-state index in [-0.39, 0.29) is 26.1 Å². The maximum absolute atomic E-state index is 12.7. The van der Waals surface area contributed by atoms with Gasteiger partial charge in [-0.25, -0.2) is 0 Å². The number of ether oxygens (including phenoxy) is 2. The van der Waals surface area contributed by atoms with Crippen LogP contribution in [0.5, 0.6) is 0 Å². The molecule has 346 valence electrons. The number of esters is 2. The van der Waals surface area contributed by atoms with Crippen molar-refractivity contribution in [3.05, 3.63) is 36.5 Å². The van der Waals surface area contributed by atoms with Crippen LogP contribution in [0.3, 0.4) is 0 Å². The van der Waals surface area contributed by atoms with Crippen LogP contribution in [0.15, 0.2) is 36.5 Å². The first-order chi connectivity index (χ1) is 28.5. The van der Waals surface area contributed by atoms with Crippen LogP contribution in [0, 0.1) is 0 Å². The van der Waals surface area contributed by atoms with Crippen LogP contribution in [0.4, 0.5) is 0 Å². The molecule has 9 nitrogen and oxygen atoms in total. The van der Waals surface area contributed by atoms with E-state index in [0.29, 0.717) is 17.4 Å². The van der Waals surface area contributed by atoms with Crippen LogP contribution >= 0.6 is 7.82 Å². The summed E-state index contributed by atoms with van der Waals surface area (Å²) < 4.78 is 33.9. The Morgan fingerprint density at radius 3 is 1.39 bits per heavy atom. The van der Waals surface area contributed by atoms with E-state index in [0.717, 1.165) is 51.4 Å². The molecule has 0 aromatic carbocycles. The van der Waals surface area contributed by atoms with Crippen molar-refractivity contribution >= 4 is 19.8 Å². The molecule has 0 spiro atoms. The Hall–Kier alpha value is -1.77. The fourth-order valence-electron chi connectivity index (χ4n) is 6.60. The van der Waals surface area contributed by atoms with Crippen molar-refractivity contribution in [2.45, 2.75) is 219 Å². The highest BCUT2D eigenvalue weighted by atomic mass is 31.2. The number of quaternary nitrogens is 1. The van der Waals surface area contributed by atoms with Crippen molar-refractivity contribution in [1.29, 1.82) is 0 Å². The number of phosphoric ester groups is 1. The summed E-state index contributed by atoms with van der Waals surface area (Å²) in [5.41, 5.74) is 0. The van der Waals surface area contributed by atoms with Crippen LogP contribution in [0.25, 0.3) is 0 Å². The number of allylic oxidation sites excluding steroid dienone is 6. The van der Waals surface area contributed by atoms with Gasteiger partial charge in [-0.05, 0) is 51.4 Å². The van der Waals surface area contributed by atoms with E-state index in [1.54, 1.807) is 0 Å². The summed E-state index contributed by atoms with van der Waals surface area (Å²) >= 11 is 0. The molecule has 0 aliphatic rings. The lowest BCUT2D eigenvalue weighted by atomic mass is 10.0. The second kappa shape index (κ2) is 41.6. The second-order valence-electron chi connectivity index (χ2n) is 17.5. The number of hydrogen-bond acceptors (Lipinski definition) is 8. The molecule has 10 heteroatoms. The van der Waals surface area contributed by atoms with E-state index >= 15 is 0 Å². The number of rotatable bonds is 44. The summed E-state index contributed by atoms with van der Waals surface area (Å²) in [4.78, 5) is 37.6. The van der Waals surface area contributed by atoms with E-state index in [9.17, 15) is 19.0 Å². The lowest BCUT2D eigenvalue weighted by molar-refractivity contribution is -0.870. The summed E-state index contributed by atoms with van der Waals surface area (Å²) in [5.74, 6) is -0.872. The Bertz CT molecular complexity index is 1100. The van der Waals surface area contributed by atoms with Crippen LogP contribution in [0.2, 0.25) is 0 Å². The zero-order chi connectivity index (χ0) is 43.6. The molecule has 0 saturated carbocycles. The minimum absolute atomic E-state index is 0.0372. The number of likely N-dealkylation sites (N-methyl/N-ethyl adjacent to an activating group) is 1. The third kappa shape index (κ3) is 45.6. The Labute approximate surface area is 363 Å². The van der Waals surface area contributed by atoms with Gasteiger partial charge in [-0.3, -0.25) is 14.2 Å². The molecule has 0 saturated heterocycles. The van der Waals surface area contributed by atoms with Gasteiger partial charge in [0.25, 0.3) is 7.82 Å². The molecule has 0 aromatic rings. The molecular formula is C49H92NO8P. The number of hydrogen-bond donors (Lipinski definition) is 0. The highest BCUT2D eigenvalue weighted by molar-refractivity contribution is 7.45. The molecule has 2 atom stereocenters. The fourth-order valence-corrected chi connectivity index (χ4v) is 7.33. The van der Waals surface area contributed by atoms with E-state index in [1.165, 1.54) is 128 Å². The van der Waals surface area contributed by atoms with Crippen molar-refractivity contribution in [1.82, 2.24) is 0 Å². The molecule has 1 unspecified atom stereocenters. The van der Waals surface area contributed by atoms with E-state index < -0.39 is 32.5 Å². The van der Waals surface area contributed by atoms with Crippen LogP contribution in [-0.4, -0.2) is 70.0 Å². The number of unbranched alkanes of at least 4 members (excludes halogenated alkanes) is 24. The van der Waals surface area contributed by atoms with E-state index in [2.05, 4.69) is 50.3 Å². The van der Waals surface area contributed by atoms with Gasteiger partial charge >= 0.3 is 11.9 Å². The summed E-state index contributed by atoms with van der Waals surface area (Å²) in [6.07, 6.45) is 47.5. The zero-order valence-electron chi connectivity index (χ0n) is 39.0. The highest BCUT2D eigenvalue weighted by Gasteiger charge is 2.21. The van der Waals surface area contributed by atoms with Gasteiger partial charge < -0.3 is 27.9 Å².